The minimum absolute atomic E-state index is 0.245. The zero-order valence-electron chi connectivity index (χ0n) is 17.8. The first-order valence-corrected chi connectivity index (χ1v) is 9.74. The minimum atomic E-state index is -0.672. The smallest absolute Gasteiger partial charge is 0.322 e. The Hall–Kier alpha value is -3.89. The van der Waals surface area contributed by atoms with Crippen LogP contribution in [-0.2, 0) is 13.6 Å². The lowest BCUT2D eigenvalue weighted by atomic mass is 10.2. The van der Waals surface area contributed by atoms with Crippen molar-refractivity contribution < 1.29 is 19.2 Å². The van der Waals surface area contributed by atoms with E-state index >= 15 is 0 Å². The predicted octanol–water partition coefficient (Wildman–Crippen LogP) is 2.93. The largest absolute Gasteiger partial charge is 0.490 e. The molecule has 0 saturated carbocycles. The lowest BCUT2D eigenvalue weighted by Gasteiger charge is -2.12. The fourth-order valence-electron chi connectivity index (χ4n) is 3.05. The van der Waals surface area contributed by atoms with E-state index < -0.39 is 10.8 Å². The summed E-state index contributed by atoms with van der Waals surface area (Å²) >= 11 is 0. The first kappa shape index (κ1) is 21.8. The van der Waals surface area contributed by atoms with Crippen LogP contribution in [0.25, 0.3) is 0 Å². The molecule has 164 valence electrons. The number of aryl methyl sites for hydroxylation is 1. The third-order valence-corrected chi connectivity index (χ3v) is 4.54. The normalized spacial score (nSPS) is 10.7. The van der Waals surface area contributed by atoms with Gasteiger partial charge in [-0.2, -0.15) is 10.2 Å². The molecule has 3 aromatic rings. The highest BCUT2D eigenvalue weighted by atomic mass is 16.6. The number of anilines is 1. The van der Waals surface area contributed by atoms with E-state index in [-0.39, 0.29) is 11.4 Å². The number of carbonyl (C=O) groups is 1. The fraction of sp³-hybridized carbons (Fsp3) is 0.350. The Bertz CT molecular complexity index is 1100. The van der Waals surface area contributed by atoms with E-state index in [2.05, 4.69) is 15.5 Å². The molecule has 0 aliphatic carbocycles. The molecule has 1 aromatic carbocycles. The van der Waals surface area contributed by atoms with Crippen LogP contribution in [0.2, 0.25) is 0 Å². The van der Waals surface area contributed by atoms with E-state index in [0.717, 1.165) is 5.56 Å². The monoisotopic (exact) mass is 428 g/mol. The Balaban J connectivity index is 1.74. The summed E-state index contributed by atoms with van der Waals surface area (Å²) in [6, 6.07) is 5.64. The molecule has 0 spiro atoms. The Morgan fingerprint density at radius 2 is 1.94 bits per heavy atom. The van der Waals surface area contributed by atoms with Crippen molar-refractivity contribution in [3.63, 3.8) is 0 Å². The average Bonchev–Trinajstić information content (AvgIpc) is 3.28. The molecule has 0 saturated heterocycles. The van der Waals surface area contributed by atoms with Gasteiger partial charge in [-0.25, -0.2) is 0 Å². The van der Waals surface area contributed by atoms with Crippen molar-refractivity contribution in [3.05, 3.63) is 57.7 Å². The van der Waals surface area contributed by atoms with Crippen LogP contribution in [-0.4, -0.2) is 43.6 Å². The molecule has 0 radical (unpaired) electrons. The van der Waals surface area contributed by atoms with Gasteiger partial charge in [0.2, 0.25) is 5.69 Å². The van der Waals surface area contributed by atoms with Crippen LogP contribution in [0.3, 0.4) is 0 Å². The number of nitrogens with one attached hydrogen (secondary N) is 1. The van der Waals surface area contributed by atoms with Gasteiger partial charge in [0.05, 0.1) is 36.6 Å². The SMILES string of the molecule is CCOc1ccc(Cn2cc(NC(=O)c3nn(C)c(C)c3[N+](=O)[O-])cn2)cc1OCC. The third kappa shape index (κ3) is 4.82. The van der Waals surface area contributed by atoms with Crippen LogP contribution in [0, 0.1) is 17.0 Å². The predicted molar refractivity (Wildman–Crippen MR) is 113 cm³/mol. The number of nitrogens with zero attached hydrogens (tertiary/aromatic N) is 5. The van der Waals surface area contributed by atoms with Crippen molar-refractivity contribution in [2.75, 3.05) is 18.5 Å². The summed E-state index contributed by atoms with van der Waals surface area (Å²) in [4.78, 5) is 23.2. The standard InChI is InChI=1S/C20H24N6O5/c1-5-30-16-8-7-14(9-17(16)31-6-2)11-25-12-15(10-21-25)22-20(27)18-19(26(28)29)13(3)24(4)23-18/h7-10,12H,5-6,11H2,1-4H3,(H,22,27). The van der Waals surface area contributed by atoms with Crippen LogP contribution in [0.4, 0.5) is 11.4 Å². The van der Waals surface area contributed by atoms with E-state index in [9.17, 15) is 14.9 Å². The number of hydrogen-bond donors (Lipinski definition) is 1. The summed E-state index contributed by atoms with van der Waals surface area (Å²) in [7, 11) is 1.55. The van der Waals surface area contributed by atoms with Crippen molar-refractivity contribution in [3.8, 4) is 11.5 Å². The second-order valence-electron chi connectivity index (χ2n) is 6.69. The summed E-state index contributed by atoms with van der Waals surface area (Å²) in [5.41, 5.74) is 1.07. The molecule has 11 nitrogen and oxygen atoms in total. The molecule has 1 amide bonds. The Morgan fingerprint density at radius 3 is 2.61 bits per heavy atom. The third-order valence-electron chi connectivity index (χ3n) is 4.54. The van der Waals surface area contributed by atoms with Gasteiger partial charge >= 0.3 is 5.69 Å². The summed E-state index contributed by atoms with van der Waals surface area (Å²) in [5, 5.41) is 22.1. The Kier molecular flexibility index (Phi) is 6.53. The van der Waals surface area contributed by atoms with Crippen LogP contribution in [0.15, 0.2) is 30.6 Å². The number of aromatic nitrogens is 4. The zero-order valence-corrected chi connectivity index (χ0v) is 17.8. The molecule has 0 unspecified atom stereocenters. The summed E-state index contributed by atoms with van der Waals surface area (Å²) in [6.07, 6.45) is 3.11. The number of nitro groups is 1. The quantitative estimate of drug-likeness (QED) is 0.410. The molecular weight excluding hydrogens is 404 g/mol. The van der Waals surface area contributed by atoms with Gasteiger partial charge in [0, 0.05) is 13.2 Å². The molecule has 0 bridgehead atoms. The second kappa shape index (κ2) is 9.28. The lowest BCUT2D eigenvalue weighted by molar-refractivity contribution is -0.385. The number of rotatable bonds is 9. The highest BCUT2D eigenvalue weighted by Crippen LogP contribution is 2.29. The number of carbonyl (C=O) groups excluding carboxylic acids is 1. The molecule has 2 heterocycles. The number of amides is 1. The van der Waals surface area contributed by atoms with Gasteiger partial charge in [-0.15, -0.1) is 0 Å². The molecule has 0 aliphatic rings. The Morgan fingerprint density at radius 1 is 1.23 bits per heavy atom. The molecule has 11 heteroatoms. The van der Waals surface area contributed by atoms with E-state index in [1.807, 2.05) is 32.0 Å². The van der Waals surface area contributed by atoms with E-state index in [1.54, 1.807) is 17.9 Å². The van der Waals surface area contributed by atoms with Crippen molar-refractivity contribution in [1.29, 1.82) is 0 Å². The van der Waals surface area contributed by atoms with E-state index in [0.29, 0.717) is 42.6 Å². The summed E-state index contributed by atoms with van der Waals surface area (Å²) < 4.78 is 14.2. The average molecular weight is 428 g/mol. The number of benzene rings is 1. The van der Waals surface area contributed by atoms with Gasteiger partial charge in [0.1, 0.15) is 5.69 Å². The molecule has 1 N–H and O–H groups in total. The molecule has 2 aromatic heterocycles. The fourth-order valence-corrected chi connectivity index (χ4v) is 3.05. The van der Waals surface area contributed by atoms with Crippen molar-refractivity contribution in [1.82, 2.24) is 19.6 Å². The Labute approximate surface area is 178 Å². The minimum Gasteiger partial charge on any atom is -0.490 e. The van der Waals surface area contributed by atoms with Crippen LogP contribution < -0.4 is 14.8 Å². The van der Waals surface area contributed by atoms with Gasteiger partial charge in [0.15, 0.2) is 11.5 Å². The molecule has 0 atom stereocenters. The molecular formula is C20H24N6O5. The van der Waals surface area contributed by atoms with Gasteiger partial charge in [0.25, 0.3) is 5.91 Å². The van der Waals surface area contributed by atoms with Crippen molar-refractivity contribution in [2.45, 2.75) is 27.3 Å². The number of ether oxygens (including phenoxy) is 2. The van der Waals surface area contributed by atoms with Crippen molar-refractivity contribution in [2.24, 2.45) is 7.05 Å². The maximum Gasteiger partial charge on any atom is 0.322 e. The van der Waals surface area contributed by atoms with Crippen molar-refractivity contribution >= 4 is 17.3 Å². The molecule has 0 aliphatic heterocycles. The first-order valence-electron chi connectivity index (χ1n) is 9.74. The van der Waals surface area contributed by atoms with Gasteiger partial charge in [-0.3, -0.25) is 24.3 Å². The lowest BCUT2D eigenvalue weighted by Crippen LogP contribution is -2.14. The van der Waals surface area contributed by atoms with Crippen LogP contribution >= 0.6 is 0 Å². The van der Waals surface area contributed by atoms with Gasteiger partial charge in [-0.1, -0.05) is 6.07 Å². The molecule has 0 fully saturated rings. The molecule has 31 heavy (non-hydrogen) atoms. The first-order chi connectivity index (χ1) is 14.8. The maximum atomic E-state index is 12.5. The highest BCUT2D eigenvalue weighted by Gasteiger charge is 2.29. The maximum absolute atomic E-state index is 12.5. The number of hydrogen-bond acceptors (Lipinski definition) is 7. The van der Waals surface area contributed by atoms with Crippen LogP contribution in [0.5, 0.6) is 11.5 Å². The van der Waals surface area contributed by atoms with E-state index in [1.165, 1.54) is 17.8 Å². The topological polar surface area (TPSA) is 126 Å². The molecule has 3 rings (SSSR count). The van der Waals surface area contributed by atoms with Crippen LogP contribution in [0.1, 0.15) is 35.6 Å². The van der Waals surface area contributed by atoms with Gasteiger partial charge in [-0.05, 0) is 38.5 Å². The summed E-state index contributed by atoms with van der Waals surface area (Å²) in [6.45, 7) is 6.83. The summed E-state index contributed by atoms with van der Waals surface area (Å²) in [5.74, 6) is 0.656. The second-order valence-corrected chi connectivity index (χ2v) is 6.69. The van der Waals surface area contributed by atoms with E-state index in [4.69, 9.17) is 9.47 Å². The zero-order chi connectivity index (χ0) is 22.5. The highest BCUT2D eigenvalue weighted by molar-refractivity contribution is 6.05. The van der Waals surface area contributed by atoms with Gasteiger partial charge < -0.3 is 14.8 Å².